The normalized spacial score (nSPS) is 10.2. The molecule has 0 aliphatic heterocycles. The predicted octanol–water partition coefficient (Wildman–Crippen LogP) is 3.08. The highest BCUT2D eigenvalue weighted by Crippen LogP contribution is 2.33. The molecule has 0 amide bonds. The maximum absolute atomic E-state index is 5.83. The predicted molar refractivity (Wildman–Crippen MR) is 71.2 cm³/mol. The largest absolute Gasteiger partial charge is 0.493 e. The molecule has 0 radical (unpaired) electrons. The van der Waals surface area contributed by atoms with Crippen LogP contribution in [0.5, 0.6) is 17.4 Å². The molecule has 4 nitrogen and oxygen atoms in total. The maximum Gasteiger partial charge on any atom is 0.243 e. The van der Waals surface area contributed by atoms with Crippen molar-refractivity contribution in [3.63, 3.8) is 0 Å². The van der Waals surface area contributed by atoms with Crippen molar-refractivity contribution in [2.45, 2.75) is 13.8 Å². The molecular formula is C14H16N2O2. The molecule has 0 fully saturated rings. The molecule has 1 heterocycles. The van der Waals surface area contributed by atoms with Crippen molar-refractivity contribution in [2.75, 3.05) is 12.8 Å². The second kappa shape index (κ2) is 4.96. The number of hydrogen-bond donors (Lipinski definition) is 1. The van der Waals surface area contributed by atoms with Gasteiger partial charge in [-0.15, -0.1) is 0 Å². The van der Waals surface area contributed by atoms with E-state index >= 15 is 0 Å². The number of methoxy groups -OCH3 is 1. The number of benzene rings is 1. The molecule has 1 aromatic carbocycles. The van der Waals surface area contributed by atoms with Crippen molar-refractivity contribution in [3.05, 3.63) is 41.6 Å². The van der Waals surface area contributed by atoms with E-state index in [0.717, 1.165) is 11.3 Å². The molecule has 0 spiro atoms. The van der Waals surface area contributed by atoms with Gasteiger partial charge in [-0.1, -0.05) is 6.07 Å². The van der Waals surface area contributed by atoms with Crippen molar-refractivity contribution in [1.29, 1.82) is 0 Å². The Balaban J connectivity index is 2.36. The van der Waals surface area contributed by atoms with Crippen LogP contribution in [0.3, 0.4) is 0 Å². The van der Waals surface area contributed by atoms with E-state index in [0.29, 0.717) is 23.1 Å². The zero-order valence-corrected chi connectivity index (χ0v) is 10.7. The molecule has 94 valence electrons. The van der Waals surface area contributed by atoms with Crippen molar-refractivity contribution < 1.29 is 9.47 Å². The Morgan fingerprint density at radius 1 is 1.06 bits per heavy atom. The summed E-state index contributed by atoms with van der Waals surface area (Å²) in [6.07, 6.45) is 0. The summed E-state index contributed by atoms with van der Waals surface area (Å²) >= 11 is 0. The Bertz CT molecular complexity index is 568. The van der Waals surface area contributed by atoms with Crippen LogP contribution in [-0.4, -0.2) is 12.1 Å². The summed E-state index contributed by atoms with van der Waals surface area (Å²) in [5.74, 6) is 1.67. The SMILES string of the molecule is COc1cc(C)ccc1Oc1nc(C)ccc1N. The number of pyridine rings is 1. The molecule has 0 bridgehead atoms. The lowest BCUT2D eigenvalue weighted by atomic mass is 10.2. The van der Waals surface area contributed by atoms with Crippen LogP contribution in [0.2, 0.25) is 0 Å². The van der Waals surface area contributed by atoms with Crippen LogP contribution >= 0.6 is 0 Å². The summed E-state index contributed by atoms with van der Waals surface area (Å²) < 4.78 is 11.0. The number of aromatic nitrogens is 1. The lowest BCUT2D eigenvalue weighted by molar-refractivity contribution is 0.374. The lowest BCUT2D eigenvalue weighted by Gasteiger charge is -2.11. The first kappa shape index (κ1) is 12.2. The highest BCUT2D eigenvalue weighted by molar-refractivity contribution is 5.52. The van der Waals surface area contributed by atoms with Gasteiger partial charge in [0.2, 0.25) is 5.88 Å². The van der Waals surface area contributed by atoms with Crippen molar-refractivity contribution in [2.24, 2.45) is 0 Å². The molecule has 18 heavy (non-hydrogen) atoms. The Hall–Kier alpha value is -2.23. The standard InChI is InChI=1S/C14H16N2O2/c1-9-4-7-12(13(8-9)17-3)18-14-11(15)6-5-10(2)16-14/h4-8H,15H2,1-3H3. The van der Waals surface area contributed by atoms with Gasteiger partial charge >= 0.3 is 0 Å². The average Bonchev–Trinajstić information content (AvgIpc) is 2.36. The second-order valence-corrected chi connectivity index (χ2v) is 4.10. The molecule has 0 saturated carbocycles. The van der Waals surface area contributed by atoms with Gasteiger partial charge in [0, 0.05) is 5.69 Å². The summed E-state index contributed by atoms with van der Waals surface area (Å²) in [5, 5.41) is 0. The van der Waals surface area contributed by atoms with E-state index in [1.165, 1.54) is 0 Å². The minimum absolute atomic E-state index is 0.400. The zero-order valence-electron chi connectivity index (χ0n) is 10.7. The van der Waals surface area contributed by atoms with E-state index in [1.54, 1.807) is 13.2 Å². The number of nitrogens with two attached hydrogens (primary N) is 1. The van der Waals surface area contributed by atoms with E-state index in [4.69, 9.17) is 15.2 Å². The Kier molecular flexibility index (Phi) is 3.37. The van der Waals surface area contributed by atoms with Crippen LogP contribution in [0, 0.1) is 13.8 Å². The Morgan fingerprint density at radius 3 is 2.56 bits per heavy atom. The van der Waals surface area contributed by atoms with Gasteiger partial charge in [-0.25, -0.2) is 4.98 Å². The topological polar surface area (TPSA) is 57.4 Å². The molecule has 0 saturated heterocycles. The molecule has 0 atom stereocenters. The Morgan fingerprint density at radius 2 is 1.83 bits per heavy atom. The van der Waals surface area contributed by atoms with Gasteiger partial charge in [-0.2, -0.15) is 0 Å². The first-order chi connectivity index (χ1) is 8.60. The molecule has 2 rings (SSSR count). The van der Waals surface area contributed by atoms with E-state index in [1.807, 2.05) is 38.1 Å². The maximum atomic E-state index is 5.83. The number of hydrogen-bond acceptors (Lipinski definition) is 4. The highest BCUT2D eigenvalue weighted by atomic mass is 16.5. The number of anilines is 1. The molecule has 2 N–H and O–H groups in total. The van der Waals surface area contributed by atoms with Crippen molar-refractivity contribution >= 4 is 5.69 Å². The number of aryl methyl sites for hydroxylation is 2. The minimum atomic E-state index is 0.400. The van der Waals surface area contributed by atoms with Crippen molar-refractivity contribution in [1.82, 2.24) is 4.98 Å². The van der Waals surface area contributed by atoms with E-state index in [9.17, 15) is 0 Å². The smallest absolute Gasteiger partial charge is 0.243 e. The molecule has 0 aliphatic rings. The van der Waals surface area contributed by atoms with Gasteiger partial charge in [0.05, 0.1) is 12.8 Å². The fraction of sp³-hybridized carbons (Fsp3) is 0.214. The minimum Gasteiger partial charge on any atom is -0.493 e. The lowest BCUT2D eigenvalue weighted by Crippen LogP contribution is -1.98. The average molecular weight is 244 g/mol. The molecule has 1 aromatic heterocycles. The van der Waals surface area contributed by atoms with Crippen LogP contribution in [0.25, 0.3) is 0 Å². The number of nitrogens with zero attached hydrogens (tertiary/aromatic N) is 1. The second-order valence-electron chi connectivity index (χ2n) is 4.10. The van der Waals surface area contributed by atoms with E-state index in [2.05, 4.69) is 4.98 Å². The third kappa shape index (κ3) is 2.53. The summed E-state index contributed by atoms with van der Waals surface area (Å²) in [7, 11) is 1.61. The molecule has 4 heteroatoms. The third-order valence-electron chi connectivity index (χ3n) is 2.55. The zero-order chi connectivity index (χ0) is 13.1. The van der Waals surface area contributed by atoms with E-state index < -0.39 is 0 Å². The fourth-order valence-electron chi connectivity index (χ4n) is 1.59. The van der Waals surface area contributed by atoms with E-state index in [-0.39, 0.29) is 0 Å². The highest BCUT2D eigenvalue weighted by Gasteiger charge is 2.09. The molecule has 0 unspecified atom stereocenters. The third-order valence-corrected chi connectivity index (χ3v) is 2.55. The summed E-state index contributed by atoms with van der Waals surface area (Å²) in [6, 6.07) is 9.32. The van der Waals surface area contributed by atoms with Crippen LogP contribution in [0.1, 0.15) is 11.3 Å². The van der Waals surface area contributed by atoms with Crippen molar-refractivity contribution in [3.8, 4) is 17.4 Å². The van der Waals surface area contributed by atoms with Gasteiger partial charge in [0.1, 0.15) is 0 Å². The first-order valence-corrected chi connectivity index (χ1v) is 5.66. The number of nitrogen functional groups attached to an aromatic ring is 1. The van der Waals surface area contributed by atoms with Crippen LogP contribution in [0.4, 0.5) is 5.69 Å². The van der Waals surface area contributed by atoms with Gasteiger partial charge in [-0.05, 0) is 43.7 Å². The monoisotopic (exact) mass is 244 g/mol. The quantitative estimate of drug-likeness (QED) is 0.901. The van der Waals surface area contributed by atoms with Gasteiger partial charge < -0.3 is 15.2 Å². The van der Waals surface area contributed by atoms with Crippen LogP contribution < -0.4 is 15.2 Å². The van der Waals surface area contributed by atoms with Crippen LogP contribution in [0.15, 0.2) is 30.3 Å². The summed E-state index contributed by atoms with van der Waals surface area (Å²) in [5.41, 5.74) is 8.29. The van der Waals surface area contributed by atoms with Crippen LogP contribution in [-0.2, 0) is 0 Å². The molecular weight excluding hydrogens is 228 g/mol. The molecule has 0 aliphatic carbocycles. The number of ether oxygens (including phenoxy) is 2. The fourth-order valence-corrected chi connectivity index (χ4v) is 1.59. The summed E-state index contributed by atoms with van der Waals surface area (Å²) in [6.45, 7) is 3.88. The Labute approximate surface area is 106 Å². The van der Waals surface area contributed by atoms with Gasteiger partial charge in [-0.3, -0.25) is 0 Å². The number of rotatable bonds is 3. The summed E-state index contributed by atoms with van der Waals surface area (Å²) in [4.78, 5) is 4.26. The molecule has 2 aromatic rings. The first-order valence-electron chi connectivity index (χ1n) is 5.66. The van der Waals surface area contributed by atoms with Gasteiger partial charge in [0.25, 0.3) is 0 Å². The van der Waals surface area contributed by atoms with Gasteiger partial charge in [0.15, 0.2) is 11.5 Å².